The van der Waals surface area contributed by atoms with Crippen molar-refractivity contribution in [1.82, 2.24) is 25.5 Å². The summed E-state index contributed by atoms with van der Waals surface area (Å²) >= 11 is 7.70. The van der Waals surface area contributed by atoms with E-state index >= 15 is 0 Å². The van der Waals surface area contributed by atoms with Gasteiger partial charge in [0, 0.05) is 24.4 Å². The summed E-state index contributed by atoms with van der Waals surface area (Å²) in [5.74, 6) is 2.44. The lowest BCUT2D eigenvalue weighted by Crippen LogP contribution is -2.15. The summed E-state index contributed by atoms with van der Waals surface area (Å²) in [5, 5.41) is 16.4. The van der Waals surface area contributed by atoms with E-state index in [0.717, 1.165) is 53.0 Å². The van der Waals surface area contributed by atoms with Gasteiger partial charge in [-0.3, -0.25) is 0 Å². The first-order valence-corrected chi connectivity index (χ1v) is 11.2. The number of aryl methyl sites for hydroxylation is 1. The third-order valence-electron chi connectivity index (χ3n) is 4.23. The second-order valence-electron chi connectivity index (χ2n) is 6.60. The molecule has 9 heteroatoms. The Morgan fingerprint density at radius 2 is 2.00 bits per heavy atom. The van der Waals surface area contributed by atoms with Gasteiger partial charge in [-0.05, 0) is 65.7 Å². The molecule has 0 atom stereocenters. The number of benzene rings is 2. The Labute approximate surface area is 186 Å². The smallest absolute Gasteiger partial charge is 0.209 e. The molecule has 160 valence electrons. The van der Waals surface area contributed by atoms with Crippen LogP contribution < -0.4 is 14.8 Å². The van der Waals surface area contributed by atoms with Crippen LogP contribution in [0.2, 0.25) is 5.02 Å². The van der Waals surface area contributed by atoms with E-state index < -0.39 is 0 Å². The number of aromatic nitrogens is 4. The summed E-state index contributed by atoms with van der Waals surface area (Å²) in [6, 6.07) is 13.7. The monoisotopic (exact) mass is 447 g/mol. The Hall–Kier alpha value is -2.29. The first-order chi connectivity index (χ1) is 14.7. The van der Waals surface area contributed by atoms with Crippen LogP contribution in [0.4, 0.5) is 0 Å². The summed E-state index contributed by atoms with van der Waals surface area (Å²) in [4.78, 5) is 0. The fourth-order valence-corrected chi connectivity index (χ4v) is 3.78. The Morgan fingerprint density at radius 3 is 2.77 bits per heavy atom. The maximum atomic E-state index is 6.04. The van der Waals surface area contributed by atoms with Gasteiger partial charge >= 0.3 is 0 Å². The third-order valence-corrected chi connectivity index (χ3v) is 5.56. The molecule has 0 saturated carbocycles. The molecule has 0 unspecified atom stereocenters. The van der Waals surface area contributed by atoms with Crippen molar-refractivity contribution in [1.29, 1.82) is 0 Å². The molecule has 0 spiro atoms. The summed E-state index contributed by atoms with van der Waals surface area (Å²) in [7, 11) is 1.85. The Bertz CT molecular complexity index is 937. The zero-order valence-corrected chi connectivity index (χ0v) is 18.7. The number of hydrogen-bond donors (Lipinski definition) is 1. The predicted molar refractivity (Wildman–Crippen MR) is 119 cm³/mol. The van der Waals surface area contributed by atoms with Crippen LogP contribution in [-0.4, -0.2) is 39.1 Å². The minimum atomic E-state index is 0.441. The maximum Gasteiger partial charge on any atom is 0.209 e. The molecule has 0 bridgehead atoms. The molecule has 1 aromatic heterocycles. The highest BCUT2D eigenvalue weighted by Crippen LogP contribution is 2.29. The summed E-state index contributed by atoms with van der Waals surface area (Å²) < 4.78 is 13.4. The Kier molecular flexibility index (Phi) is 8.80. The largest absolute Gasteiger partial charge is 0.490 e. The van der Waals surface area contributed by atoms with Gasteiger partial charge in [-0.15, -0.1) is 5.10 Å². The minimum absolute atomic E-state index is 0.441. The second-order valence-corrected chi connectivity index (χ2v) is 8.10. The van der Waals surface area contributed by atoms with Crippen LogP contribution in [0, 0.1) is 0 Å². The van der Waals surface area contributed by atoms with E-state index in [1.165, 1.54) is 0 Å². The zero-order chi connectivity index (χ0) is 21.2. The number of hydrogen-bond acceptors (Lipinski definition) is 7. The standard InChI is InChI=1S/C21H26ClN5O2S/c1-3-28-20-13-16(14-23-10-5-11-30-21-24-25-26-27(21)2)8-9-19(20)29-15-17-6-4-7-18(22)12-17/h4,6-9,12-13,23H,3,5,10-11,14-15H2,1-2H3. The summed E-state index contributed by atoms with van der Waals surface area (Å²) in [6.07, 6.45) is 1.02. The van der Waals surface area contributed by atoms with Crippen molar-refractivity contribution < 1.29 is 9.47 Å². The molecule has 7 nitrogen and oxygen atoms in total. The summed E-state index contributed by atoms with van der Waals surface area (Å²) in [5.41, 5.74) is 2.17. The molecule has 0 aliphatic heterocycles. The molecule has 1 heterocycles. The van der Waals surface area contributed by atoms with Gasteiger partial charge in [-0.2, -0.15) is 0 Å². The van der Waals surface area contributed by atoms with Gasteiger partial charge in [-0.25, -0.2) is 4.68 Å². The van der Waals surface area contributed by atoms with Gasteiger partial charge in [0.25, 0.3) is 0 Å². The number of nitrogens with zero attached hydrogens (tertiary/aromatic N) is 4. The van der Waals surface area contributed by atoms with Crippen molar-refractivity contribution in [2.45, 2.75) is 31.7 Å². The van der Waals surface area contributed by atoms with Gasteiger partial charge in [0.1, 0.15) is 6.61 Å². The average Bonchev–Trinajstić information content (AvgIpc) is 3.15. The second kappa shape index (κ2) is 11.8. The lowest BCUT2D eigenvalue weighted by molar-refractivity contribution is 0.269. The van der Waals surface area contributed by atoms with Crippen LogP contribution >= 0.6 is 23.4 Å². The third kappa shape index (κ3) is 6.90. The average molecular weight is 448 g/mol. The number of tetrazole rings is 1. The van der Waals surface area contributed by atoms with E-state index in [-0.39, 0.29) is 0 Å². The maximum absolute atomic E-state index is 6.04. The first kappa shape index (κ1) is 22.4. The van der Waals surface area contributed by atoms with E-state index in [9.17, 15) is 0 Å². The van der Waals surface area contributed by atoms with E-state index in [0.29, 0.717) is 18.2 Å². The van der Waals surface area contributed by atoms with Crippen LogP contribution in [-0.2, 0) is 20.2 Å². The normalized spacial score (nSPS) is 10.9. The Balaban J connectivity index is 1.46. The molecule has 0 aliphatic carbocycles. The van der Waals surface area contributed by atoms with Gasteiger partial charge in [0.2, 0.25) is 5.16 Å². The number of ether oxygens (including phenoxy) is 2. The van der Waals surface area contributed by atoms with Crippen LogP contribution in [0.5, 0.6) is 11.5 Å². The molecular formula is C21H26ClN5O2S. The predicted octanol–water partition coefficient (Wildman–Crippen LogP) is 4.11. The van der Waals surface area contributed by atoms with Crippen molar-refractivity contribution in [3.8, 4) is 11.5 Å². The van der Waals surface area contributed by atoms with E-state index in [1.54, 1.807) is 16.4 Å². The highest BCUT2D eigenvalue weighted by Gasteiger charge is 2.08. The van der Waals surface area contributed by atoms with Gasteiger partial charge < -0.3 is 14.8 Å². The lowest BCUT2D eigenvalue weighted by Gasteiger charge is -2.14. The number of halogens is 1. The molecule has 2 aromatic carbocycles. The van der Waals surface area contributed by atoms with Crippen molar-refractivity contribution in [2.24, 2.45) is 7.05 Å². The topological polar surface area (TPSA) is 74.1 Å². The molecule has 30 heavy (non-hydrogen) atoms. The SMILES string of the molecule is CCOc1cc(CNCCCSc2nnnn2C)ccc1OCc1cccc(Cl)c1. The molecule has 0 aliphatic rings. The summed E-state index contributed by atoms with van der Waals surface area (Å²) in [6.45, 7) is 4.67. The number of rotatable bonds is 12. The number of thioether (sulfide) groups is 1. The zero-order valence-electron chi connectivity index (χ0n) is 17.2. The van der Waals surface area contributed by atoms with Crippen molar-refractivity contribution >= 4 is 23.4 Å². The molecule has 0 fully saturated rings. The molecule has 3 rings (SSSR count). The highest BCUT2D eigenvalue weighted by atomic mass is 35.5. The Morgan fingerprint density at radius 1 is 1.10 bits per heavy atom. The van der Waals surface area contributed by atoms with Gasteiger partial charge in [0.05, 0.1) is 6.61 Å². The van der Waals surface area contributed by atoms with E-state index in [4.69, 9.17) is 21.1 Å². The number of nitrogens with one attached hydrogen (secondary N) is 1. The van der Waals surface area contributed by atoms with Crippen LogP contribution in [0.1, 0.15) is 24.5 Å². The molecule has 0 saturated heterocycles. The quantitative estimate of drug-likeness (QED) is 0.330. The fourth-order valence-electron chi connectivity index (χ4n) is 2.77. The van der Waals surface area contributed by atoms with Gasteiger partial charge in [0.15, 0.2) is 11.5 Å². The van der Waals surface area contributed by atoms with Gasteiger partial charge in [-0.1, -0.05) is 41.6 Å². The lowest BCUT2D eigenvalue weighted by atomic mass is 10.2. The molecule has 0 amide bonds. The van der Waals surface area contributed by atoms with Crippen LogP contribution in [0.15, 0.2) is 47.6 Å². The first-order valence-electron chi connectivity index (χ1n) is 9.84. The van der Waals surface area contributed by atoms with Crippen LogP contribution in [0.3, 0.4) is 0 Å². The van der Waals surface area contributed by atoms with Crippen molar-refractivity contribution in [2.75, 3.05) is 18.9 Å². The van der Waals surface area contributed by atoms with E-state index in [2.05, 4.69) is 26.9 Å². The molecule has 1 N–H and O–H groups in total. The highest BCUT2D eigenvalue weighted by molar-refractivity contribution is 7.99. The molecule has 3 aromatic rings. The van der Waals surface area contributed by atoms with Crippen LogP contribution in [0.25, 0.3) is 0 Å². The fraction of sp³-hybridized carbons (Fsp3) is 0.381. The molecule has 0 radical (unpaired) electrons. The van der Waals surface area contributed by atoms with Crippen molar-refractivity contribution in [3.05, 3.63) is 58.6 Å². The van der Waals surface area contributed by atoms with E-state index in [1.807, 2.05) is 50.4 Å². The molecular weight excluding hydrogens is 422 g/mol. The minimum Gasteiger partial charge on any atom is -0.490 e. The van der Waals surface area contributed by atoms with Crippen molar-refractivity contribution in [3.63, 3.8) is 0 Å².